The molecule has 1 aromatic heterocycles. The van der Waals surface area contributed by atoms with E-state index in [0.29, 0.717) is 51.2 Å². The van der Waals surface area contributed by atoms with Crippen LogP contribution in [0, 0.1) is 0 Å². The summed E-state index contributed by atoms with van der Waals surface area (Å²) in [5, 5.41) is 9.36. The van der Waals surface area contributed by atoms with E-state index in [2.05, 4.69) is 4.98 Å². The van der Waals surface area contributed by atoms with Crippen LogP contribution >= 0.6 is 35.0 Å². The molecule has 0 unspecified atom stereocenters. The predicted octanol–water partition coefficient (Wildman–Crippen LogP) is 5.74. The zero-order valence-corrected chi connectivity index (χ0v) is 18.1. The van der Waals surface area contributed by atoms with E-state index in [1.165, 1.54) is 4.90 Å². The Balaban J connectivity index is 1.71. The molecular weight excluding hydrogens is 447 g/mol. The molecule has 0 bridgehead atoms. The van der Waals surface area contributed by atoms with E-state index in [9.17, 15) is 14.4 Å². The highest BCUT2D eigenvalue weighted by atomic mass is 35.5. The summed E-state index contributed by atoms with van der Waals surface area (Å²) < 4.78 is 0. The minimum absolute atomic E-state index is 0.0838. The molecule has 3 rings (SSSR count). The number of hydrogen-bond acceptors (Lipinski definition) is 5. The number of amides is 2. The molecule has 2 heterocycles. The van der Waals surface area contributed by atoms with Gasteiger partial charge < -0.3 is 5.11 Å². The molecule has 9 heteroatoms. The van der Waals surface area contributed by atoms with E-state index in [1.807, 2.05) is 0 Å². The fraction of sp³-hybridized carbons (Fsp3) is 0.238. The molecule has 0 spiro atoms. The summed E-state index contributed by atoms with van der Waals surface area (Å²) in [4.78, 5) is 41.4. The first-order valence-corrected chi connectivity index (χ1v) is 10.8. The van der Waals surface area contributed by atoms with Crippen LogP contribution in [0.15, 0.2) is 41.3 Å². The minimum atomic E-state index is -0.849. The summed E-state index contributed by atoms with van der Waals surface area (Å²) in [6.45, 7) is 0.271. The second-order valence-corrected chi connectivity index (χ2v) is 8.45. The molecule has 1 N–H and O–H groups in total. The Morgan fingerprint density at radius 1 is 1.13 bits per heavy atom. The van der Waals surface area contributed by atoms with Crippen molar-refractivity contribution in [3.8, 4) is 11.3 Å². The minimum Gasteiger partial charge on any atom is -0.481 e. The summed E-state index contributed by atoms with van der Waals surface area (Å²) >= 11 is 13.2. The second kappa shape index (κ2) is 10.1. The number of carbonyl (C=O) groups excluding carboxylic acids is 2. The molecule has 1 aliphatic rings. The van der Waals surface area contributed by atoms with Gasteiger partial charge in [0.2, 0.25) is 0 Å². The van der Waals surface area contributed by atoms with Gasteiger partial charge in [0.1, 0.15) is 0 Å². The van der Waals surface area contributed by atoms with Gasteiger partial charge in [-0.1, -0.05) is 35.7 Å². The Morgan fingerprint density at radius 2 is 1.93 bits per heavy atom. The molecule has 2 amide bonds. The number of pyridine rings is 1. The van der Waals surface area contributed by atoms with E-state index in [-0.39, 0.29) is 24.1 Å². The number of unbranched alkanes of at least 4 members (excludes halogenated alkanes) is 2. The van der Waals surface area contributed by atoms with Crippen molar-refractivity contribution in [2.24, 2.45) is 0 Å². The van der Waals surface area contributed by atoms with Crippen molar-refractivity contribution in [3.63, 3.8) is 0 Å². The number of rotatable bonds is 8. The second-order valence-electron chi connectivity index (χ2n) is 6.61. The maximum atomic E-state index is 12.6. The van der Waals surface area contributed by atoms with Gasteiger partial charge in [0, 0.05) is 23.6 Å². The summed E-state index contributed by atoms with van der Waals surface area (Å²) in [6.07, 6.45) is 3.39. The van der Waals surface area contributed by atoms with Gasteiger partial charge in [-0.25, -0.2) is 4.98 Å². The molecule has 1 fully saturated rings. The summed E-state index contributed by atoms with van der Waals surface area (Å²) in [7, 11) is 0. The summed E-state index contributed by atoms with van der Waals surface area (Å²) in [6, 6.07) is 10.4. The van der Waals surface area contributed by atoms with Gasteiger partial charge in [0.15, 0.2) is 0 Å². The third-order valence-corrected chi connectivity index (χ3v) is 5.87. The van der Waals surface area contributed by atoms with Crippen molar-refractivity contribution in [1.29, 1.82) is 0 Å². The standard InChI is InChI=1S/C21H18Cl2N2O4S/c22-13-8-9-16(23)15(11-13)17-6-4-5-14(24-17)12-18-20(28)25(21(29)30-18)10-3-1-2-7-19(26)27/h4-6,8-9,11-12H,1-3,7,10H2,(H,26,27)/b18-12-. The average Bonchev–Trinajstić information content (AvgIpc) is 2.96. The number of carbonyl (C=O) groups is 3. The number of imide groups is 1. The Hall–Kier alpha value is -2.35. The highest BCUT2D eigenvalue weighted by molar-refractivity contribution is 8.18. The molecule has 1 aliphatic heterocycles. The molecule has 0 aliphatic carbocycles. The van der Waals surface area contributed by atoms with Crippen LogP contribution in [-0.2, 0) is 9.59 Å². The molecule has 1 saturated heterocycles. The zero-order chi connectivity index (χ0) is 21.7. The van der Waals surface area contributed by atoms with E-state index in [0.717, 1.165) is 11.8 Å². The fourth-order valence-corrected chi connectivity index (χ4v) is 4.16. The van der Waals surface area contributed by atoms with Crippen LogP contribution in [0.4, 0.5) is 4.79 Å². The lowest BCUT2D eigenvalue weighted by atomic mass is 10.1. The van der Waals surface area contributed by atoms with Crippen molar-refractivity contribution in [1.82, 2.24) is 9.88 Å². The number of aliphatic carboxylic acids is 1. The number of carboxylic acid groups (broad SMARTS) is 1. The Labute approximate surface area is 187 Å². The van der Waals surface area contributed by atoms with Crippen LogP contribution in [0.25, 0.3) is 17.3 Å². The van der Waals surface area contributed by atoms with Crippen molar-refractivity contribution < 1.29 is 19.5 Å². The maximum absolute atomic E-state index is 12.6. The van der Waals surface area contributed by atoms with Crippen LogP contribution in [0.2, 0.25) is 10.0 Å². The molecular formula is C21H18Cl2N2O4S. The predicted molar refractivity (Wildman–Crippen MR) is 118 cm³/mol. The average molecular weight is 465 g/mol. The lowest BCUT2D eigenvalue weighted by molar-refractivity contribution is -0.137. The number of hydrogen-bond donors (Lipinski definition) is 1. The smallest absolute Gasteiger partial charge is 0.303 e. The molecule has 6 nitrogen and oxygen atoms in total. The fourth-order valence-electron chi connectivity index (χ4n) is 2.93. The topological polar surface area (TPSA) is 87.6 Å². The van der Waals surface area contributed by atoms with Gasteiger partial charge in [0.25, 0.3) is 11.1 Å². The van der Waals surface area contributed by atoms with E-state index in [4.69, 9.17) is 28.3 Å². The van der Waals surface area contributed by atoms with Crippen molar-refractivity contribution in [2.45, 2.75) is 25.7 Å². The summed E-state index contributed by atoms with van der Waals surface area (Å²) in [5.41, 5.74) is 1.80. The van der Waals surface area contributed by atoms with E-state index < -0.39 is 5.97 Å². The third-order valence-electron chi connectivity index (χ3n) is 4.40. The number of halogens is 2. The SMILES string of the molecule is O=C(O)CCCCCN1C(=O)S/C(=C\c2cccc(-c3cc(Cl)ccc3Cl)n2)C1=O. The Bertz CT molecular complexity index is 1030. The Morgan fingerprint density at radius 3 is 2.70 bits per heavy atom. The molecule has 30 heavy (non-hydrogen) atoms. The number of thioether (sulfide) groups is 1. The van der Waals surface area contributed by atoms with Gasteiger partial charge >= 0.3 is 5.97 Å². The molecule has 2 aromatic rings. The van der Waals surface area contributed by atoms with Crippen molar-refractivity contribution in [3.05, 3.63) is 57.0 Å². The lowest BCUT2D eigenvalue weighted by Crippen LogP contribution is -2.29. The van der Waals surface area contributed by atoms with Gasteiger partial charge in [0.05, 0.1) is 21.3 Å². The van der Waals surface area contributed by atoms with Crippen molar-refractivity contribution >= 4 is 58.2 Å². The van der Waals surface area contributed by atoms with Crippen LogP contribution in [0.5, 0.6) is 0 Å². The van der Waals surface area contributed by atoms with Crippen LogP contribution < -0.4 is 0 Å². The first kappa shape index (κ1) is 22.3. The number of nitrogens with zero attached hydrogens (tertiary/aromatic N) is 2. The first-order valence-electron chi connectivity index (χ1n) is 9.25. The molecule has 156 valence electrons. The zero-order valence-electron chi connectivity index (χ0n) is 15.8. The quantitative estimate of drug-likeness (QED) is 0.395. The van der Waals surface area contributed by atoms with Crippen molar-refractivity contribution in [2.75, 3.05) is 6.54 Å². The number of carboxylic acids is 1. The van der Waals surface area contributed by atoms with Crippen LogP contribution in [0.3, 0.4) is 0 Å². The first-order chi connectivity index (χ1) is 14.3. The highest BCUT2D eigenvalue weighted by Gasteiger charge is 2.34. The summed E-state index contributed by atoms with van der Waals surface area (Å²) in [5.74, 6) is -1.21. The maximum Gasteiger partial charge on any atom is 0.303 e. The largest absolute Gasteiger partial charge is 0.481 e. The molecule has 0 saturated carbocycles. The highest BCUT2D eigenvalue weighted by Crippen LogP contribution is 2.33. The normalized spacial score (nSPS) is 15.3. The number of benzene rings is 1. The molecule has 0 radical (unpaired) electrons. The molecule has 0 atom stereocenters. The monoisotopic (exact) mass is 464 g/mol. The van der Waals surface area contributed by atoms with Gasteiger partial charge in [-0.3, -0.25) is 19.3 Å². The number of aromatic nitrogens is 1. The van der Waals surface area contributed by atoms with Crippen LogP contribution in [-0.4, -0.2) is 38.7 Å². The lowest BCUT2D eigenvalue weighted by Gasteiger charge is -2.11. The Kier molecular flexibility index (Phi) is 7.53. The van der Waals surface area contributed by atoms with Gasteiger partial charge in [-0.15, -0.1) is 0 Å². The van der Waals surface area contributed by atoms with Gasteiger partial charge in [-0.2, -0.15) is 0 Å². The third kappa shape index (κ3) is 5.62. The van der Waals surface area contributed by atoms with Crippen LogP contribution in [0.1, 0.15) is 31.4 Å². The molecule has 1 aromatic carbocycles. The van der Waals surface area contributed by atoms with Gasteiger partial charge in [-0.05, 0) is 61.0 Å². The van der Waals surface area contributed by atoms with E-state index in [1.54, 1.807) is 42.5 Å². The van der Waals surface area contributed by atoms with E-state index >= 15 is 0 Å².